The number of pyridine rings is 1. The standard InChI is InChI=1S/C17H13NO4/c1-22-15-7-6-11(13-3-2-8-18-16(13)15)12-5-4-10(17(20)21)9-14(12)19/h2-9,19H,1H3,(H,20,21). The number of carbonyl (C=O) groups is 1. The van der Waals surface area contributed by atoms with Gasteiger partial charge in [-0.3, -0.25) is 4.98 Å². The van der Waals surface area contributed by atoms with E-state index in [4.69, 9.17) is 9.84 Å². The highest BCUT2D eigenvalue weighted by atomic mass is 16.5. The summed E-state index contributed by atoms with van der Waals surface area (Å²) >= 11 is 0. The molecule has 3 aromatic rings. The van der Waals surface area contributed by atoms with Crippen molar-refractivity contribution in [3.05, 3.63) is 54.2 Å². The van der Waals surface area contributed by atoms with Crippen molar-refractivity contribution in [2.75, 3.05) is 7.11 Å². The van der Waals surface area contributed by atoms with Gasteiger partial charge in [-0.2, -0.15) is 0 Å². The van der Waals surface area contributed by atoms with E-state index < -0.39 is 5.97 Å². The number of hydrogen-bond donors (Lipinski definition) is 2. The third kappa shape index (κ3) is 2.22. The van der Waals surface area contributed by atoms with Crippen molar-refractivity contribution >= 4 is 16.9 Å². The molecule has 2 aromatic carbocycles. The molecule has 0 bridgehead atoms. The van der Waals surface area contributed by atoms with Gasteiger partial charge in [0.1, 0.15) is 17.0 Å². The number of aromatic nitrogens is 1. The number of ether oxygens (including phenoxy) is 1. The van der Waals surface area contributed by atoms with E-state index >= 15 is 0 Å². The van der Waals surface area contributed by atoms with Crippen LogP contribution in [-0.4, -0.2) is 28.3 Å². The van der Waals surface area contributed by atoms with E-state index in [2.05, 4.69) is 4.98 Å². The molecule has 0 aliphatic heterocycles. The highest BCUT2D eigenvalue weighted by Gasteiger charge is 2.13. The Morgan fingerprint density at radius 2 is 1.91 bits per heavy atom. The lowest BCUT2D eigenvalue weighted by Gasteiger charge is -2.11. The van der Waals surface area contributed by atoms with Gasteiger partial charge < -0.3 is 14.9 Å². The second-order valence-electron chi connectivity index (χ2n) is 4.75. The van der Waals surface area contributed by atoms with E-state index in [1.807, 2.05) is 12.1 Å². The summed E-state index contributed by atoms with van der Waals surface area (Å²) in [4.78, 5) is 15.3. The number of carboxylic acids is 1. The summed E-state index contributed by atoms with van der Waals surface area (Å²) in [5.41, 5.74) is 2.03. The van der Waals surface area contributed by atoms with Crippen LogP contribution < -0.4 is 4.74 Å². The van der Waals surface area contributed by atoms with Gasteiger partial charge in [-0.1, -0.05) is 6.07 Å². The fourth-order valence-corrected chi connectivity index (χ4v) is 2.44. The maximum absolute atomic E-state index is 11.0. The monoisotopic (exact) mass is 295 g/mol. The van der Waals surface area contributed by atoms with Gasteiger partial charge in [-0.15, -0.1) is 0 Å². The maximum Gasteiger partial charge on any atom is 0.335 e. The number of aromatic carboxylic acids is 1. The molecule has 0 amide bonds. The first-order valence-electron chi connectivity index (χ1n) is 6.60. The summed E-state index contributed by atoms with van der Waals surface area (Å²) in [6.07, 6.45) is 1.67. The lowest BCUT2D eigenvalue weighted by atomic mass is 9.98. The van der Waals surface area contributed by atoms with Crippen molar-refractivity contribution in [3.8, 4) is 22.6 Å². The predicted octanol–water partition coefficient (Wildman–Crippen LogP) is 3.31. The summed E-state index contributed by atoms with van der Waals surface area (Å²) in [6.45, 7) is 0. The molecule has 22 heavy (non-hydrogen) atoms. The zero-order valence-electron chi connectivity index (χ0n) is 11.8. The van der Waals surface area contributed by atoms with Crippen LogP contribution in [0.5, 0.6) is 11.5 Å². The fourth-order valence-electron chi connectivity index (χ4n) is 2.44. The van der Waals surface area contributed by atoms with E-state index in [0.29, 0.717) is 16.8 Å². The zero-order valence-corrected chi connectivity index (χ0v) is 11.8. The average Bonchev–Trinajstić information content (AvgIpc) is 2.54. The third-order valence-electron chi connectivity index (χ3n) is 3.49. The second kappa shape index (κ2) is 5.37. The average molecular weight is 295 g/mol. The van der Waals surface area contributed by atoms with Gasteiger partial charge in [0.2, 0.25) is 0 Å². The molecule has 5 nitrogen and oxygen atoms in total. The molecule has 2 N–H and O–H groups in total. The Labute approximate surface area is 126 Å². The Hall–Kier alpha value is -3.08. The number of nitrogens with zero attached hydrogens (tertiary/aromatic N) is 1. The third-order valence-corrected chi connectivity index (χ3v) is 3.49. The Kier molecular flexibility index (Phi) is 3.39. The molecule has 1 aromatic heterocycles. The van der Waals surface area contributed by atoms with Gasteiger partial charge in [0.05, 0.1) is 12.7 Å². The van der Waals surface area contributed by atoms with Crippen molar-refractivity contribution in [1.29, 1.82) is 0 Å². The van der Waals surface area contributed by atoms with Gasteiger partial charge in [-0.05, 0) is 42.0 Å². The minimum atomic E-state index is -1.08. The van der Waals surface area contributed by atoms with Crippen molar-refractivity contribution in [2.45, 2.75) is 0 Å². The van der Waals surface area contributed by atoms with Gasteiger partial charge in [0, 0.05) is 17.1 Å². The molecule has 0 atom stereocenters. The smallest absolute Gasteiger partial charge is 0.335 e. The molecule has 0 saturated carbocycles. The lowest BCUT2D eigenvalue weighted by molar-refractivity contribution is 0.0696. The van der Waals surface area contributed by atoms with Gasteiger partial charge in [0.15, 0.2) is 0 Å². The number of methoxy groups -OCH3 is 1. The Bertz CT molecular complexity index is 874. The largest absolute Gasteiger partial charge is 0.507 e. The van der Waals surface area contributed by atoms with Crippen LogP contribution >= 0.6 is 0 Å². The number of benzene rings is 2. The number of phenols is 1. The van der Waals surface area contributed by atoms with Crippen LogP contribution in [0.4, 0.5) is 0 Å². The van der Waals surface area contributed by atoms with E-state index in [-0.39, 0.29) is 11.3 Å². The quantitative estimate of drug-likeness (QED) is 0.775. The molecule has 0 radical (unpaired) electrons. The Balaban J connectivity index is 2.25. The lowest BCUT2D eigenvalue weighted by Crippen LogP contribution is -1.96. The van der Waals surface area contributed by atoms with Crippen LogP contribution in [-0.2, 0) is 0 Å². The highest BCUT2D eigenvalue weighted by molar-refractivity contribution is 5.99. The number of rotatable bonds is 3. The second-order valence-corrected chi connectivity index (χ2v) is 4.75. The highest BCUT2D eigenvalue weighted by Crippen LogP contribution is 2.37. The van der Waals surface area contributed by atoms with E-state index in [9.17, 15) is 9.90 Å². The van der Waals surface area contributed by atoms with Crippen molar-refractivity contribution in [2.24, 2.45) is 0 Å². The molecular formula is C17H13NO4. The molecule has 0 aliphatic carbocycles. The van der Waals surface area contributed by atoms with Crippen LogP contribution in [0.2, 0.25) is 0 Å². The maximum atomic E-state index is 11.0. The topological polar surface area (TPSA) is 79.7 Å². The minimum Gasteiger partial charge on any atom is -0.507 e. The van der Waals surface area contributed by atoms with Crippen molar-refractivity contribution < 1.29 is 19.7 Å². The molecule has 1 heterocycles. The summed E-state index contributed by atoms with van der Waals surface area (Å²) in [7, 11) is 1.57. The molecule has 0 aliphatic rings. The summed E-state index contributed by atoms with van der Waals surface area (Å²) in [6, 6.07) is 11.6. The number of fused-ring (bicyclic) bond motifs is 1. The Morgan fingerprint density at radius 3 is 2.59 bits per heavy atom. The molecule has 0 spiro atoms. The van der Waals surface area contributed by atoms with E-state index in [1.165, 1.54) is 12.1 Å². The Morgan fingerprint density at radius 1 is 1.14 bits per heavy atom. The zero-order chi connectivity index (χ0) is 15.7. The molecule has 0 unspecified atom stereocenters. The molecule has 0 fully saturated rings. The van der Waals surface area contributed by atoms with Crippen molar-refractivity contribution in [3.63, 3.8) is 0 Å². The molecule has 110 valence electrons. The normalized spacial score (nSPS) is 10.6. The molecular weight excluding hydrogens is 282 g/mol. The van der Waals surface area contributed by atoms with Crippen LogP contribution in [0.1, 0.15) is 10.4 Å². The van der Waals surface area contributed by atoms with E-state index in [0.717, 1.165) is 10.9 Å². The fraction of sp³-hybridized carbons (Fsp3) is 0.0588. The minimum absolute atomic E-state index is 0.0391. The summed E-state index contributed by atoms with van der Waals surface area (Å²) in [5.74, 6) is -0.528. The SMILES string of the molecule is COc1ccc(-c2ccc(C(=O)O)cc2O)c2cccnc12. The van der Waals surface area contributed by atoms with Crippen LogP contribution in [0.15, 0.2) is 48.7 Å². The van der Waals surface area contributed by atoms with Gasteiger partial charge in [-0.25, -0.2) is 4.79 Å². The summed E-state index contributed by atoms with van der Waals surface area (Å²) in [5, 5.41) is 20.0. The molecule has 0 saturated heterocycles. The van der Waals surface area contributed by atoms with Gasteiger partial charge in [0.25, 0.3) is 0 Å². The number of aromatic hydroxyl groups is 1. The first-order chi connectivity index (χ1) is 10.6. The summed E-state index contributed by atoms with van der Waals surface area (Å²) < 4.78 is 5.30. The van der Waals surface area contributed by atoms with Gasteiger partial charge >= 0.3 is 5.97 Å². The first-order valence-corrected chi connectivity index (χ1v) is 6.60. The molecule has 3 rings (SSSR count). The van der Waals surface area contributed by atoms with Crippen LogP contribution in [0.25, 0.3) is 22.0 Å². The van der Waals surface area contributed by atoms with Crippen LogP contribution in [0.3, 0.4) is 0 Å². The number of phenolic OH excluding ortho intramolecular Hbond substituents is 1. The number of carboxylic acid groups (broad SMARTS) is 1. The molecule has 5 heteroatoms. The predicted molar refractivity (Wildman–Crippen MR) is 82.4 cm³/mol. The number of hydrogen-bond acceptors (Lipinski definition) is 4. The van der Waals surface area contributed by atoms with E-state index in [1.54, 1.807) is 31.5 Å². The van der Waals surface area contributed by atoms with Crippen LogP contribution in [0, 0.1) is 0 Å². The van der Waals surface area contributed by atoms with Crippen molar-refractivity contribution in [1.82, 2.24) is 4.98 Å². The first kappa shape index (κ1) is 13.9.